The monoisotopic (exact) mass is 425 g/mol. The molecule has 0 aromatic heterocycles. The Balaban J connectivity index is 0.00000220. The third-order valence-electron chi connectivity index (χ3n) is 3.80. The Labute approximate surface area is 147 Å². The lowest BCUT2D eigenvalue weighted by molar-refractivity contribution is 0.277. The van der Waals surface area contributed by atoms with Crippen LogP contribution < -0.4 is 5.73 Å². The molecule has 1 aromatic rings. The number of rotatable bonds is 3. The quantitative estimate of drug-likeness (QED) is 0.456. The molecule has 2 rings (SSSR count). The summed E-state index contributed by atoms with van der Waals surface area (Å²) in [5.41, 5.74) is 6.50. The first kappa shape index (κ1) is 18.5. The number of nitrogens with zero attached hydrogens (tertiary/aromatic N) is 2. The molecule has 0 spiro atoms. The minimum atomic E-state index is -0.280. The van der Waals surface area contributed by atoms with Crippen LogP contribution in [0, 0.1) is 11.7 Å². The van der Waals surface area contributed by atoms with Gasteiger partial charge in [-0.05, 0) is 37.3 Å². The van der Waals surface area contributed by atoms with Crippen molar-refractivity contribution in [3.63, 3.8) is 0 Å². The molecule has 0 saturated carbocycles. The average molecular weight is 426 g/mol. The van der Waals surface area contributed by atoms with Crippen molar-refractivity contribution in [2.75, 3.05) is 19.6 Å². The smallest absolute Gasteiger partial charge is 0.191 e. The van der Waals surface area contributed by atoms with Crippen LogP contribution in [0.5, 0.6) is 0 Å². The van der Waals surface area contributed by atoms with Crippen LogP contribution >= 0.6 is 35.6 Å². The zero-order chi connectivity index (χ0) is 14.5. The predicted octanol–water partition coefficient (Wildman–Crippen LogP) is 3.69. The van der Waals surface area contributed by atoms with E-state index in [0.29, 0.717) is 29.5 Å². The summed E-state index contributed by atoms with van der Waals surface area (Å²) in [5, 5.41) is 0.450. The van der Waals surface area contributed by atoms with Crippen LogP contribution in [-0.4, -0.2) is 30.5 Å². The van der Waals surface area contributed by atoms with Gasteiger partial charge in [-0.1, -0.05) is 24.6 Å². The van der Waals surface area contributed by atoms with Gasteiger partial charge in [0.2, 0.25) is 0 Å². The third kappa shape index (κ3) is 5.29. The highest BCUT2D eigenvalue weighted by Crippen LogP contribution is 2.19. The first-order valence-electron chi connectivity index (χ1n) is 7.05. The molecule has 3 nitrogen and oxygen atoms in total. The van der Waals surface area contributed by atoms with E-state index in [-0.39, 0.29) is 29.8 Å². The molecular weight excluding hydrogens is 404 g/mol. The van der Waals surface area contributed by atoms with Crippen molar-refractivity contribution in [3.05, 3.63) is 34.6 Å². The van der Waals surface area contributed by atoms with Crippen molar-refractivity contribution in [1.29, 1.82) is 0 Å². The van der Waals surface area contributed by atoms with Gasteiger partial charge in [-0.2, -0.15) is 0 Å². The van der Waals surface area contributed by atoms with Gasteiger partial charge >= 0.3 is 0 Å². The molecule has 1 heterocycles. The topological polar surface area (TPSA) is 41.6 Å². The van der Waals surface area contributed by atoms with E-state index < -0.39 is 0 Å². The summed E-state index contributed by atoms with van der Waals surface area (Å²) in [4.78, 5) is 6.45. The van der Waals surface area contributed by atoms with Crippen molar-refractivity contribution in [3.8, 4) is 0 Å². The van der Waals surface area contributed by atoms with E-state index in [0.717, 1.165) is 31.8 Å². The number of hydrogen-bond donors (Lipinski definition) is 1. The SMILES string of the molecule is CC1CCN(C(N)=NCCc2c(F)cccc2Cl)CC1.I. The average Bonchev–Trinajstić information content (AvgIpc) is 2.42. The van der Waals surface area contributed by atoms with E-state index in [1.807, 2.05) is 0 Å². The molecule has 118 valence electrons. The van der Waals surface area contributed by atoms with Gasteiger partial charge in [0.05, 0.1) is 0 Å². The first-order chi connectivity index (χ1) is 9.58. The Hall–Kier alpha value is -0.560. The van der Waals surface area contributed by atoms with Crippen LogP contribution in [0.4, 0.5) is 4.39 Å². The highest BCUT2D eigenvalue weighted by molar-refractivity contribution is 14.0. The van der Waals surface area contributed by atoms with E-state index >= 15 is 0 Å². The maximum Gasteiger partial charge on any atom is 0.191 e. The van der Waals surface area contributed by atoms with Crippen LogP contribution in [0.25, 0.3) is 0 Å². The molecule has 0 amide bonds. The van der Waals surface area contributed by atoms with Crippen LogP contribution in [0.1, 0.15) is 25.3 Å². The molecule has 1 aliphatic rings. The summed E-state index contributed by atoms with van der Waals surface area (Å²) in [6, 6.07) is 4.72. The molecule has 6 heteroatoms. The van der Waals surface area contributed by atoms with Gasteiger partial charge in [-0.15, -0.1) is 24.0 Å². The summed E-state index contributed by atoms with van der Waals surface area (Å²) in [7, 11) is 0. The van der Waals surface area contributed by atoms with Gasteiger partial charge in [0, 0.05) is 30.2 Å². The molecule has 0 unspecified atom stereocenters. The van der Waals surface area contributed by atoms with Gasteiger partial charge in [-0.3, -0.25) is 4.99 Å². The molecule has 2 N–H and O–H groups in total. The number of aliphatic imine (C=N–C) groups is 1. The van der Waals surface area contributed by atoms with Crippen LogP contribution in [0.2, 0.25) is 5.02 Å². The Bertz CT molecular complexity index is 468. The molecule has 0 bridgehead atoms. The summed E-state index contributed by atoms with van der Waals surface area (Å²) < 4.78 is 13.6. The summed E-state index contributed by atoms with van der Waals surface area (Å²) >= 11 is 5.98. The van der Waals surface area contributed by atoms with Gasteiger partial charge < -0.3 is 10.6 Å². The molecule has 0 aliphatic carbocycles. The van der Waals surface area contributed by atoms with E-state index in [1.165, 1.54) is 6.07 Å². The van der Waals surface area contributed by atoms with Gasteiger partial charge in [0.15, 0.2) is 5.96 Å². The Kier molecular flexibility index (Phi) is 7.73. The lowest BCUT2D eigenvalue weighted by atomic mass is 10.00. The number of likely N-dealkylation sites (tertiary alicyclic amines) is 1. The summed E-state index contributed by atoms with van der Waals surface area (Å²) in [5.74, 6) is 1.04. The molecular formula is C15H22ClFIN3. The maximum absolute atomic E-state index is 13.6. The number of guanidine groups is 1. The van der Waals surface area contributed by atoms with Crippen molar-refractivity contribution < 1.29 is 4.39 Å². The maximum atomic E-state index is 13.6. The second-order valence-corrected chi connectivity index (χ2v) is 5.77. The molecule has 0 atom stereocenters. The fourth-order valence-electron chi connectivity index (χ4n) is 2.39. The summed E-state index contributed by atoms with van der Waals surface area (Å²) in [6.45, 7) is 4.62. The number of nitrogens with two attached hydrogens (primary N) is 1. The molecule has 21 heavy (non-hydrogen) atoms. The molecule has 1 aromatic carbocycles. The minimum Gasteiger partial charge on any atom is -0.370 e. The molecule has 1 saturated heterocycles. The minimum absolute atomic E-state index is 0. The highest BCUT2D eigenvalue weighted by atomic mass is 127. The normalized spacial score (nSPS) is 16.7. The number of halogens is 3. The Morgan fingerprint density at radius 2 is 2.10 bits per heavy atom. The Morgan fingerprint density at radius 1 is 1.43 bits per heavy atom. The molecule has 1 aliphatic heterocycles. The lowest BCUT2D eigenvalue weighted by Gasteiger charge is -2.31. The second kappa shape index (κ2) is 8.78. The van der Waals surface area contributed by atoms with Crippen LogP contribution in [0.3, 0.4) is 0 Å². The fraction of sp³-hybridized carbons (Fsp3) is 0.533. The standard InChI is InChI=1S/C15H21ClFN3.HI/c1-11-6-9-20(10-7-11)15(18)19-8-5-12-13(16)3-2-4-14(12)17;/h2-4,11H,5-10H2,1H3,(H2,18,19);1H. The highest BCUT2D eigenvalue weighted by Gasteiger charge is 2.16. The van der Waals surface area contributed by atoms with E-state index in [1.54, 1.807) is 12.1 Å². The van der Waals surface area contributed by atoms with Gasteiger partial charge in [0.25, 0.3) is 0 Å². The molecule has 1 fully saturated rings. The number of piperidine rings is 1. The zero-order valence-corrected chi connectivity index (χ0v) is 15.3. The number of hydrogen-bond acceptors (Lipinski definition) is 1. The van der Waals surface area contributed by atoms with Crippen molar-refractivity contribution in [2.45, 2.75) is 26.2 Å². The fourth-order valence-corrected chi connectivity index (χ4v) is 2.65. The van der Waals surface area contributed by atoms with Crippen molar-refractivity contribution in [2.24, 2.45) is 16.6 Å². The summed E-state index contributed by atoms with van der Waals surface area (Å²) in [6.07, 6.45) is 2.77. The van der Waals surface area contributed by atoms with E-state index in [9.17, 15) is 4.39 Å². The Morgan fingerprint density at radius 3 is 2.71 bits per heavy atom. The van der Waals surface area contributed by atoms with Crippen LogP contribution in [0.15, 0.2) is 23.2 Å². The number of benzene rings is 1. The third-order valence-corrected chi connectivity index (χ3v) is 4.16. The van der Waals surface area contributed by atoms with Crippen LogP contribution in [-0.2, 0) is 6.42 Å². The predicted molar refractivity (Wildman–Crippen MR) is 97.0 cm³/mol. The van der Waals surface area contributed by atoms with E-state index in [4.69, 9.17) is 17.3 Å². The van der Waals surface area contributed by atoms with Crippen molar-refractivity contribution >= 4 is 41.5 Å². The lowest BCUT2D eigenvalue weighted by Crippen LogP contribution is -2.42. The molecule has 0 radical (unpaired) electrons. The van der Waals surface area contributed by atoms with Gasteiger partial charge in [-0.25, -0.2) is 4.39 Å². The van der Waals surface area contributed by atoms with Gasteiger partial charge in [0.1, 0.15) is 5.82 Å². The first-order valence-corrected chi connectivity index (χ1v) is 7.43. The largest absolute Gasteiger partial charge is 0.370 e. The van der Waals surface area contributed by atoms with Crippen molar-refractivity contribution in [1.82, 2.24) is 4.90 Å². The zero-order valence-electron chi connectivity index (χ0n) is 12.2. The second-order valence-electron chi connectivity index (χ2n) is 5.36. The van der Waals surface area contributed by atoms with E-state index in [2.05, 4.69) is 16.8 Å².